The Morgan fingerprint density at radius 1 is 1.03 bits per heavy atom. The number of benzene rings is 3. The number of imide groups is 1. The van der Waals surface area contributed by atoms with E-state index in [4.69, 9.17) is 25.8 Å². The van der Waals surface area contributed by atoms with Crippen LogP contribution in [0.1, 0.15) is 16.7 Å². The fourth-order valence-corrected chi connectivity index (χ4v) is 4.57. The Hall–Kier alpha value is -3.49. The van der Waals surface area contributed by atoms with Gasteiger partial charge in [0.1, 0.15) is 18.2 Å². The molecule has 0 aromatic heterocycles. The minimum absolute atomic E-state index is 0.00289. The molecule has 172 valence electrons. The average molecular weight is 498 g/mol. The number of thioether (sulfide) groups is 1. The summed E-state index contributed by atoms with van der Waals surface area (Å²) in [6.07, 6.45) is 1.60. The van der Waals surface area contributed by atoms with E-state index < -0.39 is 11.1 Å². The average Bonchev–Trinajstić information content (AvgIpc) is 3.38. The Morgan fingerprint density at radius 2 is 1.76 bits per heavy atom. The topological polar surface area (TPSA) is 65.1 Å². The third-order valence-electron chi connectivity index (χ3n) is 5.29. The first kappa shape index (κ1) is 22.3. The Morgan fingerprint density at radius 3 is 2.59 bits per heavy atom. The predicted octanol–water partition coefficient (Wildman–Crippen LogP) is 6.02. The number of hydrogen-bond acceptors (Lipinski definition) is 6. The van der Waals surface area contributed by atoms with E-state index in [1.807, 2.05) is 0 Å². The smallest absolute Gasteiger partial charge is 0.293 e. The monoisotopic (exact) mass is 497 g/mol. The fourth-order valence-electron chi connectivity index (χ4n) is 3.53. The van der Waals surface area contributed by atoms with Crippen LogP contribution in [0.25, 0.3) is 6.08 Å². The molecule has 34 heavy (non-hydrogen) atoms. The number of rotatable bonds is 6. The quantitative estimate of drug-likeness (QED) is 0.388. The molecule has 3 aromatic rings. The lowest BCUT2D eigenvalue weighted by Gasteiger charge is -2.14. The first-order chi connectivity index (χ1) is 16.5. The SMILES string of the molecule is O=C1S/C(=C\c2ccccc2OCc2ccccc2F)C(=O)N1Cc1cc2c(cc1Cl)OCO2. The second-order valence-electron chi connectivity index (χ2n) is 7.48. The predicted molar refractivity (Wildman–Crippen MR) is 126 cm³/mol. The highest BCUT2D eigenvalue weighted by Crippen LogP contribution is 2.39. The fraction of sp³-hybridized carbons (Fsp3) is 0.120. The third kappa shape index (κ3) is 4.47. The molecule has 0 radical (unpaired) electrons. The minimum atomic E-state index is -0.437. The summed E-state index contributed by atoms with van der Waals surface area (Å²) in [5.74, 6) is 0.713. The van der Waals surface area contributed by atoms with E-state index >= 15 is 0 Å². The molecule has 0 spiro atoms. The maximum atomic E-state index is 13.9. The highest BCUT2D eigenvalue weighted by atomic mass is 35.5. The number of halogens is 2. The van der Waals surface area contributed by atoms with Crippen molar-refractivity contribution in [3.8, 4) is 17.2 Å². The Bertz CT molecular complexity index is 1330. The molecule has 0 saturated carbocycles. The second-order valence-corrected chi connectivity index (χ2v) is 8.88. The maximum Gasteiger partial charge on any atom is 0.293 e. The van der Waals surface area contributed by atoms with Crippen molar-refractivity contribution in [3.05, 3.63) is 93.1 Å². The van der Waals surface area contributed by atoms with Crippen molar-refractivity contribution in [1.82, 2.24) is 4.90 Å². The lowest BCUT2D eigenvalue weighted by atomic mass is 10.1. The van der Waals surface area contributed by atoms with Crippen LogP contribution in [-0.4, -0.2) is 22.8 Å². The van der Waals surface area contributed by atoms with Crippen LogP contribution in [0.3, 0.4) is 0 Å². The van der Waals surface area contributed by atoms with Gasteiger partial charge in [0.2, 0.25) is 6.79 Å². The first-order valence-electron chi connectivity index (χ1n) is 10.3. The van der Waals surface area contributed by atoms with Gasteiger partial charge in [-0.25, -0.2) is 4.39 Å². The van der Waals surface area contributed by atoms with E-state index in [2.05, 4.69) is 0 Å². The molecule has 2 amide bonds. The number of hydrogen-bond donors (Lipinski definition) is 0. The first-order valence-corrected chi connectivity index (χ1v) is 11.5. The van der Waals surface area contributed by atoms with E-state index in [1.165, 1.54) is 6.07 Å². The zero-order chi connectivity index (χ0) is 23.7. The largest absolute Gasteiger partial charge is 0.488 e. The van der Waals surface area contributed by atoms with E-state index in [0.29, 0.717) is 39.0 Å². The van der Waals surface area contributed by atoms with Crippen LogP contribution in [0.2, 0.25) is 5.02 Å². The highest BCUT2D eigenvalue weighted by Gasteiger charge is 2.36. The van der Waals surface area contributed by atoms with Crippen molar-refractivity contribution >= 4 is 40.6 Å². The van der Waals surface area contributed by atoms with Crippen molar-refractivity contribution in [2.45, 2.75) is 13.2 Å². The molecule has 0 aliphatic carbocycles. The molecule has 2 heterocycles. The number of para-hydroxylation sites is 1. The van der Waals surface area contributed by atoms with Crippen molar-refractivity contribution < 1.29 is 28.2 Å². The van der Waals surface area contributed by atoms with Crippen LogP contribution in [0.15, 0.2) is 65.6 Å². The normalized spacial score (nSPS) is 15.9. The molecule has 1 saturated heterocycles. The van der Waals surface area contributed by atoms with Gasteiger partial charge in [0.15, 0.2) is 11.5 Å². The Kier molecular flexibility index (Phi) is 6.17. The number of ether oxygens (including phenoxy) is 3. The standard InChI is InChI=1S/C25H17ClFNO5S/c26-18-11-22-21(32-14-33-22)9-17(18)12-28-24(29)23(34-25(28)30)10-15-5-2-4-8-20(15)31-13-16-6-1-3-7-19(16)27/h1-11H,12-14H2/b23-10-. The lowest BCUT2D eigenvalue weighted by molar-refractivity contribution is -0.123. The number of carbonyl (C=O) groups is 2. The highest BCUT2D eigenvalue weighted by molar-refractivity contribution is 8.18. The summed E-state index contributed by atoms with van der Waals surface area (Å²) < 4.78 is 30.4. The molecule has 0 atom stereocenters. The molecule has 5 rings (SSSR count). The van der Waals surface area contributed by atoms with Gasteiger partial charge in [-0.05, 0) is 41.6 Å². The van der Waals surface area contributed by atoms with E-state index in [0.717, 1.165) is 16.7 Å². The number of nitrogens with zero attached hydrogens (tertiary/aromatic N) is 1. The minimum Gasteiger partial charge on any atom is -0.488 e. The molecule has 1 fully saturated rings. The van der Waals surface area contributed by atoms with E-state index in [-0.39, 0.29) is 30.7 Å². The van der Waals surface area contributed by atoms with Gasteiger partial charge in [-0.15, -0.1) is 0 Å². The maximum absolute atomic E-state index is 13.9. The van der Waals surface area contributed by atoms with Crippen LogP contribution in [-0.2, 0) is 17.9 Å². The molecule has 2 aliphatic rings. The zero-order valence-corrected chi connectivity index (χ0v) is 19.2. The summed E-state index contributed by atoms with van der Waals surface area (Å²) in [5, 5.41) is -0.0334. The molecule has 0 N–H and O–H groups in total. The third-order valence-corrected chi connectivity index (χ3v) is 6.55. The lowest BCUT2D eigenvalue weighted by Crippen LogP contribution is -2.27. The van der Waals surface area contributed by atoms with Crippen LogP contribution in [0.4, 0.5) is 9.18 Å². The van der Waals surface area contributed by atoms with Gasteiger partial charge in [0.05, 0.1) is 11.4 Å². The van der Waals surface area contributed by atoms with Gasteiger partial charge >= 0.3 is 0 Å². The van der Waals surface area contributed by atoms with Crippen LogP contribution in [0, 0.1) is 5.82 Å². The Labute approximate surface area is 203 Å². The van der Waals surface area contributed by atoms with E-state index in [1.54, 1.807) is 60.7 Å². The summed E-state index contributed by atoms with van der Waals surface area (Å²) in [6, 6.07) is 16.7. The van der Waals surface area contributed by atoms with Gasteiger partial charge in [0, 0.05) is 22.2 Å². The van der Waals surface area contributed by atoms with Crippen molar-refractivity contribution in [1.29, 1.82) is 0 Å². The van der Waals surface area contributed by atoms with E-state index in [9.17, 15) is 14.0 Å². The Balaban J connectivity index is 1.35. The summed E-state index contributed by atoms with van der Waals surface area (Å²) >= 11 is 7.15. The molecule has 9 heteroatoms. The van der Waals surface area contributed by atoms with Gasteiger partial charge in [-0.3, -0.25) is 14.5 Å². The van der Waals surface area contributed by atoms with Crippen molar-refractivity contribution in [3.63, 3.8) is 0 Å². The second kappa shape index (κ2) is 9.40. The summed E-state index contributed by atoms with van der Waals surface area (Å²) in [5.41, 5.74) is 1.59. The summed E-state index contributed by atoms with van der Waals surface area (Å²) in [4.78, 5) is 27.0. The van der Waals surface area contributed by atoms with Crippen LogP contribution >= 0.6 is 23.4 Å². The zero-order valence-electron chi connectivity index (χ0n) is 17.6. The molecule has 6 nitrogen and oxygen atoms in total. The van der Waals surface area contributed by atoms with Gasteiger partial charge in [-0.1, -0.05) is 48.0 Å². The molecule has 0 bridgehead atoms. The number of carbonyl (C=O) groups excluding carboxylic acids is 2. The van der Waals surface area contributed by atoms with Gasteiger partial charge < -0.3 is 14.2 Å². The van der Waals surface area contributed by atoms with Gasteiger partial charge in [0.25, 0.3) is 11.1 Å². The molecular formula is C25H17ClFNO5S. The van der Waals surface area contributed by atoms with Crippen LogP contribution < -0.4 is 14.2 Å². The molecule has 2 aliphatic heterocycles. The van der Waals surface area contributed by atoms with Crippen molar-refractivity contribution in [2.24, 2.45) is 0 Å². The van der Waals surface area contributed by atoms with Crippen molar-refractivity contribution in [2.75, 3.05) is 6.79 Å². The van der Waals surface area contributed by atoms with Crippen LogP contribution in [0.5, 0.6) is 17.2 Å². The molecular weight excluding hydrogens is 481 g/mol. The number of fused-ring (bicyclic) bond motifs is 1. The van der Waals surface area contributed by atoms with Gasteiger partial charge in [-0.2, -0.15) is 0 Å². The summed E-state index contributed by atoms with van der Waals surface area (Å²) in [6.45, 7) is 0.127. The number of amides is 2. The molecule has 3 aromatic carbocycles. The summed E-state index contributed by atoms with van der Waals surface area (Å²) in [7, 11) is 0. The molecule has 0 unspecified atom stereocenters.